The van der Waals surface area contributed by atoms with Crippen LogP contribution in [0.2, 0.25) is 0 Å². The van der Waals surface area contributed by atoms with Gasteiger partial charge in [-0.05, 0) is 5.56 Å². The lowest BCUT2D eigenvalue weighted by Crippen LogP contribution is -2.31. The average molecular weight is 284 g/mol. The van der Waals surface area contributed by atoms with Gasteiger partial charge in [0.1, 0.15) is 5.82 Å². The summed E-state index contributed by atoms with van der Waals surface area (Å²) in [5.41, 5.74) is 3.57. The first-order valence-corrected chi connectivity index (χ1v) is 7.36. The Balaban J connectivity index is 1.71. The third-order valence-corrected chi connectivity index (χ3v) is 3.83. The molecule has 3 rings (SSSR count). The van der Waals surface area contributed by atoms with E-state index in [1.807, 2.05) is 18.3 Å². The molecule has 110 valence electrons. The minimum atomic E-state index is 0.372. The van der Waals surface area contributed by atoms with Crippen LogP contribution < -0.4 is 4.73 Å². The molecular formula is C16H20N4O. The molecule has 0 atom stereocenters. The Morgan fingerprint density at radius 2 is 2.10 bits per heavy atom. The van der Waals surface area contributed by atoms with Gasteiger partial charge in [0.2, 0.25) is 0 Å². The van der Waals surface area contributed by atoms with E-state index in [0.29, 0.717) is 5.92 Å². The molecule has 0 bridgehead atoms. The van der Waals surface area contributed by atoms with Gasteiger partial charge in [0.05, 0.1) is 0 Å². The standard InChI is InChI=1S/C16H20N4O/c1-12(2)16-17-9-14-11-19(6-5-15(14)18-16)10-13-3-7-20(21)8-4-13/h3-4,7-9,12H,5-6,10-11H2,1-2H3. The fourth-order valence-electron chi connectivity index (χ4n) is 2.61. The summed E-state index contributed by atoms with van der Waals surface area (Å²) < 4.78 is 0.816. The summed E-state index contributed by atoms with van der Waals surface area (Å²) in [6.45, 7) is 6.96. The molecule has 0 aliphatic carbocycles. The highest BCUT2D eigenvalue weighted by Crippen LogP contribution is 2.20. The average Bonchev–Trinajstić information content (AvgIpc) is 2.49. The van der Waals surface area contributed by atoms with Crippen molar-refractivity contribution in [3.63, 3.8) is 0 Å². The molecule has 0 saturated heterocycles. The molecular weight excluding hydrogens is 264 g/mol. The minimum Gasteiger partial charge on any atom is -0.619 e. The first-order chi connectivity index (χ1) is 10.1. The number of aromatic nitrogens is 3. The summed E-state index contributed by atoms with van der Waals surface area (Å²) in [4.78, 5) is 11.5. The number of nitrogens with zero attached hydrogens (tertiary/aromatic N) is 4. The van der Waals surface area contributed by atoms with Crippen LogP contribution in [-0.2, 0) is 19.5 Å². The van der Waals surface area contributed by atoms with Crippen molar-refractivity contribution in [1.29, 1.82) is 0 Å². The maximum Gasteiger partial charge on any atom is 0.180 e. The second-order valence-corrected chi connectivity index (χ2v) is 5.88. The van der Waals surface area contributed by atoms with Crippen molar-refractivity contribution in [2.24, 2.45) is 0 Å². The van der Waals surface area contributed by atoms with Crippen LogP contribution in [0, 0.1) is 5.21 Å². The minimum absolute atomic E-state index is 0.372. The summed E-state index contributed by atoms with van der Waals surface area (Å²) >= 11 is 0. The van der Waals surface area contributed by atoms with Crippen molar-refractivity contribution in [3.05, 3.63) is 58.6 Å². The summed E-state index contributed by atoms with van der Waals surface area (Å²) in [5, 5.41) is 11.1. The van der Waals surface area contributed by atoms with Crippen LogP contribution in [0.4, 0.5) is 0 Å². The molecule has 2 aromatic rings. The monoisotopic (exact) mass is 284 g/mol. The van der Waals surface area contributed by atoms with Gasteiger partial charge in [-0.3, -0.25) is 4.90 Å². The van der Waals surface area contributed by atoms with E-state index in [-0.39, 0.29) is 0 Å². The molecule has 1 aliphatic rings. The van der Waals surface area contributed by atoms with Crippen LogP contribution in [0.3, 0.4) is 0 Å². The fraction of sp³-hybridized carbons (Fsp3) is 0.438. The Morgan fingerprint density at radius 3 is 2.81 bits per heavy atom. The molecule has 0 radical (unpaired) electrons. The summed E-state index contributed by atoms with van der Waals surface area (Å²) in [7, 11) is 0. The zero-order valence-electron chi connectivity index (χ0n) is 12.5. The molecule has 0 spiro atoms. The predicted molar refractivity (Wildman–Crippen MR) is 79.3 cm³/mol. The highest BCUT2D eigenvalue weighted by molar-refractivity contribution is 5.21. The highest BCUT2D eigenvalue weighted by atomic mass is 16.5. The molecule has 0 saturated carbocycles. The maximum absolute atomic E-state index is 11.1. The predicted octanol–water partition coefficient (Wildman–Crippen LogP) is 1.79. The van der Waals surface area contributed by atoms with Crippen molar-refractivity contribution in [3.8, 4) is 0 Å². The molecule has 1 aliphatic heterocycles. The highest BCUT2D eigenvalue weighted by Gasteiger charge is 2.19. The Kier molecular flexibility index (Phi) is 3.84. The van der Waals surface area contributed by atoms with E-state index in [0.717, 1.165) is 42.2 Å². The van der Waals surface area contributed by atoms with Crippen LogP contribution in [0.15, 0.2) is 30.7 Å². The number of fused-ring (bicyclic) bond motifs is 1. The van der Waals surface area contributed by atoms with E-state index in [1.54, 1.807) is 12.4 Å². The summed E-state index contributed by atoms with van der Waals surface area (Å²) in [6, 6.07) is 3.75. The molecule has 5 heteroatoms. The van der Waals surface area contributed by atoms with Gasteiger partial charge in [-0.1, -0.05) is 13.8 Å². The van der Waals surface area contributed by atoms with Gasteiger partial charge in [0.25, 0.3) is 0 Å². The second-order valence-electron chi connectivity index (χ2n) is 5.88. The van der Waals surface area contributed by atoms with Crippen molar-refractivity contribution < 1.29 is 4.73 Å². The SMILES string of the molecule is CC(C)c1ncc2c(n1)CCN(Cc1cc[n+]([O-])cc1)C2. The van der Waals surface area contributed by atoms with Gasteiger partial charge in [-0.25, -0.2) is 9.97 Å². The third-order valence-electron chi connectivity index (χ3n) is 3.83. The van der Waals surface area contributed by atoms with E-state index in [2.05, 4.69) is 28.7 Å². The van der Waals surface area contributed by atoms with Crippen LogP contribution in [0.1, 0.15) is 42.4 Å². The Morgan fingerprint density at radius 1 is 1.33 bits per heavy atom. The quantitative estimate of drug-likeness (QED) is 0.637. The van der Waals surface area contributed by atoms with Crippen LogP contribution in [0.5, 0.6) is 0 Å². The molecule has 0 amide bonds. The molecule has 3 heterocycles. The molecule has 5 nitrogen and oxygen atoms in total. The van der Waals surface area contributed by atoms with Gasteiger partial charge < -0.3 is 5.21 Å². The third kappa shape index (κ3) is 3.19. The molecule has 21 heavy (non-hydrogen) atoms. The lowest BCUT2D eigenvalue weighted by atomic mass is 10.1. The van der Waals surface area contributed by atoms with E-state index < -0.39 is 0 Å². The van der Waals surface area contributed by atoms with Crippen molar-refractivity contribution >= 4 is 0 Å². The lowest BCUT2D eigenvalue weighted by Gasteiger charge is -2.28. The van der Waals surface area contributed by atoms with Crippen LogP contribution in [0.25, 0.3) is 0 Å². The Hall–Kier alpha value is -2.01. The first-order valence-electron chi connectivity index (χ1n) is 7.36. The van der Waals surface area contributed by atoms with Crippen molar-refractivity contribution in [2.75, 3.05) is 6.54 Å². The lowest BCUT2D eigenvalue weighted by molar-refractivity contribution is -0.605. The van der Waals surface area contributed by atoms with Crippen molar-refractivity contribution in [1.82, 2.24) is 14.9 Å². The maximum atomic E-state index is 11.1. The number of hydrogen-bond donors (Lipinski definition) is 0. The zero-order chi connectivity index (χ0) is 14.8. The normalized spacial score (nSPS) is 15.2. The van der Waals surface area contributed by atoms with E-state index in [9.17, 15) is 5.21 Å². The molecule has 0 unspecified atom stereocenters. The Bertz CT molecular complexity index is 625. The summed E-state index contributed by atoms with van der Waals surface area (Å²) in [6.07, 6.45) is 6.03. The molecule has 0 aromatic carbocycles. The molecule has 0 fully saturated rings. The van der Waals surface area contributed by atoms with Crippen molar-refractivity contribution in [2.45, 2.75) is 39.3 Å². The second kappa shape index (κ2) is 5.77. The van der Waals surface area contributed by atoms with Gasteiger partial charge >= 0.3 is 0 Å². The number of hydrogen-bond acceptors (Lipinski definition) is 4. The van der Waals surface area contributed by atoms with Gasteiger partial charge in [-0.15, -0.1) is 0 Å². The van der Waals surface area contributed by atoms with Crippen LogP contribution >= 0.6 is 0 Å². The van der Waals surface area contributed by atoms with E-state index in [4.69, 9.17) is 0 Å². The molecule has 0 N–H and O–H groups in total. The topological polar surface area (TPSA) is 56.0 Å². The molecule has 2 aromatic heterocycles. The number of pyridine rings is 1. The summed E-state index contributed by atoms with van der Waals surface area (Å²) in [5.74, 6) is 1.31. The van der Waals surface area contributed by atoms with E-state index >= 15 is 0 Å². The van der Waals surface area contributed by atoms with Crippen LogP contribution in [-0.4, -0.2) is 21.4 Å². The first kappa shape index (κ1) is 13.9. The largest absolute Gasteiger partial charge is 0.619 e. The van der Waals surface area contributed by atoms with Gasteiger partial charge in [-0.2, -0.15) is 4.73 Å². The smallest absolute Gasteiger partial charge is 0.180 e. The van der Waals surface area contributed by atoms with E-state index in [1.165, 1.54) is 11.3 Å². The van der Waals surface area contributed by atoms with Gasteiger partial charge in [0, 0.05) is 61.6 Å². The fourth-order valence-corrected chi connectivity index (χ4v) is 2.61. The number of rotatable bonds is 3. The zero-order valence-corrected chi connectivity index (χ0v) is 12.5. The van der Waals surface area contributed by atoms with Gasteiger partial charge in [0.15, 0.2) is 12.4 Å². The Labute approximate surface area is 124 Å².